The molecule has 0 saturated carbocycles. The van der Waals surface area contributed by atoms with E-state index in [0.717, 1.165) is 15.4 Å². The first-order chi connectivity index (χ1) is 19.5. The lowest BCUT2D eigenvalue weighted by atomic mass is 10.1. The fourth-order valence-electron chi connectivity index (χ4n) is 4.45. The van der Waals surface area contributed by atoms with Crippen LogP contribution in [0.25, 0.3) is 0 Å². The van der Waals surface area contributed by atoms with E-state index in [1.807, 2.05) is 58.0 Å². The summed E-state index contributed by atoms with van der Waals surface area (Å²) in [5.41, 5.74) is 2.31. The van der Waals surface area contributed by atoms with Crippen molar-refractivity contribution in [2.75, 3.05) is 24.5 Å². The Morgan fingerprint density at radius 2 is 1.66 bits per heavy atom. The van der Waals surface area contributed by atoms with Crippen molar-refractivity contribution in [1.29, 1.82) is 0 Å². The van der Waals surface area contributed by atoms with Gasteiger partial charge in [0.1, 0.15) is 18.3 Å². The van der Waals surface area contributed by atoms with Gasteiger partial charge in [0.05, 0.1) is 22.2 Å². The van der Waals surface area contributed by atoms with Crippen LogP contribution in [0.4, 0.5) is 5.69 Å². The van der Waals surface area contributed by atoms with Gasteiger partial charge in [-0.2, -0.15) is 0 Å². The van der Waals surface area contributed by atoms with E-state index < -0.39 is 28.5 Å². The predicted molar refractivity (Wildman–Crippen MR) is 166 cm³/mol. The Bertz CT molecular complexity index is 1430. The summed E-state index contributed by atoms with van der Waals surface area (Å²) in [4.78, 5) is 28.8. The van der Waals surface area contributed by atoms with Gasteiger partial charge >= 0.3 is 0 Å². The second-order valence-corrected chi connectivity index (χ2v) is 12.8. The highest BCUT2D eigenvalue weighted by Crippen LogP contribution is 2.31. The summed E-state index contributed by atoms with van der Waals surface area (Å²) >= 11 is 3.37. The molecule has 1 atom stereocenters. The van der Waals surface area contributed by atoms with Crippen molar-refractivity contribution in [3.8, 4) is 5.75 Å². The van der Waals surface area contributed by atoms with Crippen LogP contribution in [0.1, 0.15) is 38.3 Å². The fourth-order valence-corrected chi connectivity index (χ4v) is 6.58. The van der Waals surface area contributed by atoms with Crippen molar-refractivity contribution in [1.82, 2.24) is 10.2 Å². The van der Waals surface area contributed by atoms with Crippen LogP contribution in [0.5, 0.6) is 5.75 Å². The summed E-state index contributed by atoms with van der Waals surface area (Å²) in [6, 6.07) is 20.2. The number of hydrogen-bond donors (Lipinski definition) is 1. The molecule has 0 fully saturated rings. The van der Waals surface area contributed by atoms with Crippen LogP contribution in [0.2, 0.25) is 0 Å². The molecule has 0 heterocycles. The lowest BCUT2D eigenvalue weighted by Gasteiger charge is -2.33. The average Bonchev–Trinajstić information content (AvgIpc) is 2.94. The fraction of sp³-hybridized carbons (Fsp3) is 0.355. The molecule has 0 radical (unpaired) electrons. The van der Waals surface area contributed by atoms with Gasteiger partial charge in [0.25, 0.3) is 10.0 Å². The van der Waals surface area contributed by atoms with Crippen molar-refractivity contribution in [2.45, 2.75) is 57.5 Å². The number of hydrogen-bond acceptors (Lipinski definition) is 5. The molecule has 0 aliphatic carbocycles. The summed E-state index contributed by atoms with van der Waals surface area (Å²) in [7, 11) is -2.69. The third-order valence-corrected chi connectivity index (χ3v) is 9.00. The van der Waals surface area contributed by atoms with Gasteiger partial charge in [0.15, 0.2) is 0 Å². The number of ether oxygens (including phenoxy) is 1. The second kappa shape index (κ2) is 14.5. The molecule has 3 rings (SSSR count). The Labute approximate surface area is 251 Å². The minimum atomic E-state index is -4.18. The predicted octanol–water partition coefficient (Wildman–Crippen LogP) is 5.34. The molecule has 0 spiro atoms. The van der Waals surface area contributed by atoms with E-state index in [4.69, 9.17) is 4.74 Å². The molecule has 1 unspecified atom stereocenters. The number of benzene rings is 3. The maximum absolute atomic E-state index is 14.1. The van der Waals surface area contributed by atoms with Crippen LogP contribution < -0.4 is 14.4 Å². The third kappa shape index (κ3) is 8.33. The molecule has 0 bridgehead atoms. The number of anilines is 1. The Morgan fingerprint density at radius 3 is 2.22 bits per heavy atom. The van der Waals surface area contributed by atoms with Crippen LogP contribution in [0.15, 0.2) is 82.2 Å². The number of rotatable bonds is 13. The van der Waals surface area contributed by atoms with E-state index in [9.17, 15) is 18.0 Å². The van der Waals surface area contributed by atoms with Crippen molar-refractivity contribution in [2.24, 2.45) is 0 Å². The molecule has 3 aromatic carbocycles. The maximum atomic E-state index is 14.1. The molecule has 3 aromatic rings. The number of nitrogens with zero attached hydrogens (tertiary/aromatic N) is 2. The topological polar surface area (TPSA) is 96.0 Å². The van der Waals surface area contributed by atoms with E-state index in [0.29, 0.717) is 28.8 Å². The standard InChI is InChI=1S/C31H38BrN3O5S/c1-6-28(31(37)33-22(2)3)34(19-18-24-10-8-7-9-11-24)30(36)21-35(25-14-12-23(4)13-15-25)41(38,39)26-16-17-29(40-5)27(32)20-26/h7-17,20,22,28H,6,18-19,21H2,1-5H3,(H,33,37). The summed E-state index contributed by atoms with van der Waals surface area (Å²) in [6.45, 7) is 7.24. The summed E-state index contributed by atoms with van der Waals surface area (Å²) in [5.74, 6) is -0.257. The lowest BCUT2D eigenvalue weighted by molar-refractivity contribution is -0.139. The summed E-state index contributed by atoms with van der Waals surface area (Å²) < 4.78 is 34.9. The lowest BCUT2D eigenvalue weighted by Crippen LogP contribution is -2.54. The van der Waals surface area contributed by atoms with Crippen molar-refractivity contribution < 1.29 is 22.7 Å². The SMILES string of the molecule is CCC(C(=O)NC(C)C)N(CCc1ccccc1)C(=O)CN(c1ccc(C)cc1)S(=O)(=O)c1ccc(OC)c(Br)c1. The van der Waals surface area contributed by atoms with Gasteiger partial charge in [-0.3, -0.25) is 13.9 Å². The number of aryl methyl sites for hydroxylation is 1. The number of amides is 2. The van der Waals surface area contributed by atoms with Gasteiger partial charge in [-0.15, -0.1) is 0 Å². The molecular formula is C31H38BrN3O5S. The molecular weight excluding hydrogens is 606 g/mol. The molecule has 8 nitrogen and oxygen atoms in total. The molecule has 1 N–H and O–H groups in total. The third-order valence-electron chi connectivity index (χ3n) is 6.61. The first kappa shape index (κ1) is 32.1. The first-order valence-electron chi connectivity index (χ1n) is 13.5. The highest BCUT2D eigenvalue weighted by atomic mass is 79.9. The van der Waals surface area contributed by atoms with Gasteiger partial charge in [-0.25, -0.2) is 8.42 Å². The van der Waals surface area contributed by atoms with E-state index in [-0.39, 0.29) is 23.4 Å². The largest absolute Gasteiger partial charge is 0.496 e. The molecule has 0 aromatic heterocycles. The number of methoxy groups -OCH3 is 1. The maximum Gasteiger partial charge on any atom is 0.264 e. The Morgan fingerprint density at radius 1 is 1.00 bits per heavy atom. The Balaban J connectivity index is 2.03. The average molecular weight is 645 g/mol. The second-order valence-electron chi connectivity index (χ2n) is 10.1. The quantitative estimate of drug-likeness (QED) is 0.271. The van der Waals surface area contributed by atoms with Crippen LogP contribution in [-0.4, -0.2) is 57.4 Å². The van der Waals surface area contributed by atoms with Gasteiger partial charge in [0, 0.05) is 12.6 Å². The zero-order valence-electron chi connectivity index (χ0n) is 24.1. The monoisotopic (exact) mass is 643 g/mol. The molecule has 0 aliphatic rings. The van der Waals surface area contributed by atoms with E-state index >= 15 is 0 Å². The minimum Gasteiger partial charge on any atom is -0.496 e. The number of carbonyl (C=O) groups is 2. The summed E-state index contributed by atoms with van der Waals surface area (Å²) in [6.07, 6.45) is 0.891. The number of nitrogens with one attached hydrogen (secondary N) is 1. The number of halogens is 1. The Kier molecular flexibility index (Phi) is 11.4. The van der Waals surface area contributed by atoms with Crippen LogP contribution in [0, 0.1) is 6.92 Å². The Hall–Kier alpha value is -3.37. The normalized spacial score (nSPS) is 12.1. The zero-order chi connectivity index (χ0) is 30.2. The molecule has 2 amide bonds. The first-order valence-corrected chi connectivity index (χ1v) is 15.8. The molecule has 0 saturated heterocycles. The zero-order valence-corrected chi connectivity index (χ0v) is 26.5. The van der Waals surface area contributed by atoms with Crippen molar-refractivity contribution >= 4 is 43.5 Å². The van der Waals surface area contributed by atoms with E-state index in [1.165, 1.54) is 24.1 Å². The number of carbonyl (C=O) groups excluding carboxylic acids is 2. The van der Waals surface area contributed by atoms with E-state index in [1.54, 1.807) is 30.3 Å². The molecule has 0 aliphatic heterocycles. The van der Waals surface area contributed by atoms with Crippen LogP contribution in [0.3, 0.4) is 0 Å². The highest BCUT2D eigenvalue weighted by Gasteiger charge is 2.33. The number of sulfonamides is 1. The van der Waals surface area contributed by atoms with Crippen LogP contribution in [-0.2, 0) is 26.0 Å². The van der Waals surface area contributed by atoms with Crippen molar-refractivity contribution in [3.05, 3.63) is 88.4 Å². The smallest absolute Gasteiger partial charge is 0.264 e. The van der Waals surface area contributed by atoms with Gasteiger partial charge < -0.3 is 15.0 Å². The molecule has 10 heteroatoms. The van der Waals surface area contributed by atoms with Crippen LogP contribution >= 0.6 is 15.9 Å². The summed E-state index contributed by atoms with van der Waals surface area (Å²) in [5, 5.41) is 2.91. The minimum absolute atomic E-state index is 0.000946. The molecule has 41 heavy (non-hydrogen) atoms. The van der Waals surface area contributed by atoms with E-state index in [2.05, 4.69) is 21.2 Å². The van der Waals surface area contributed by atoms with Gasteiger partial charge in [-0.05, 0) is 85.4 Å². The van der Waals surface area contributed by atoms with Gasteiger partial charge in [0.2, 0.25) is 11.8 Å². The molecule has 220 valence electrons. The highest BCUT2D eigenvalue weighted by molar-refractivity contribution is 9.10. The van der Waals surface area contributed by atoms with Crippen molar-refractivity contribution in [3.63, 3.8) is 0 Å². The van der Waals surface area contributed by atoms with Gasteiger partial charge in [-0.1, -0.05) is 55.0 Å².